The average molecular weight is 270 g/mol. The Morgan fingerprint density at radius 2 is 1.89 bits per heavy atom. The van der Waals surface area contributed by atoms with Gasteiger partial charge in [-0.25, -0.2) is 0 Å². The van der Waals surface area contributed by atoms with Crippen LogP contribution in [0.1, 0.15) is 60.3 Å². The van der Waals surface area contributed by atoms with E-state index in [-0.39, 0.29) is 5.54 Å². The predicted octanol–water partition coefficient (Wildman–Crippen LogP) is 3.04. The van der Waals surface area contributed by atoms with Crippen LogP contribution in [0, 0.1) is 0 Å². The maximum atomic E-state index is 5.71. The van der Waals surface area contributed by atoms with Gasteiger partial charge >= 0.3 is 0 Å². The van der Waals surface area contributed by atoms with Crippen molar-refractivity contribution in [2.24, 2.45) is 0 Å². The summed E-state index contributed by atoms with van der Waals surface area (Å²) in [5.74, 6) is 0. The molecule has 0 amide bonds. The van der Waals surface area contributed by atoms with Crippen molar-refractivity contribution in [3.8, 4) is 0 Å². The maximum absolute atomic E-state index is 5.71. The summed E-state index contributed by atoms with van der Waals surface area (Å²) in [7, 11) is 0. The van der Waals surface area contributed by atoms with Gasteiger partial charge in [0.25, 0.3) is 0 Å². The zero-order valence-corrected chi connectivity index (χ0v) is 13.7. The predicted molar refractivity (Wildman–Crippen MR) is 82.7 cm³/mol. The minimum absolute atomic E-state index is 0.249. The van der Waals surface area contributed by atoms with Crippen molar-refractivity contribution in [3.63, 3.8) is 0 Å². The van der Waals surface area contributed by atoms with Crippen LogP contribution in [0.25, 0.3) is 0 Å². The van der Waals surface area contributed by atoms with Gasteiger partial charge in [-0.05, 0) is 66.8 Å². The molecule has 1 N–H and O–H groups in total. The number of rotatable bonds is 7. The molecule has 0 radical (unpaired) electrons. The van der Waals surface area contributed by atoms with Crippen LogP contribution >= 0.6 is 0 Å². The minimum Gasteiger partial charge on any atom is -0.378 e. The number of ether oxygens (including phenoxy) is 1. The summed E-state index contributed by atoms with van der Waals surface area (Å²) < 4.78 is 5.71. The Morgan fingerprint density at radius 1 is 1.26 bits per heavy atom. The molecule has 1 fully saturated rings. The SMILES string of the molecule is CCOC1CCN(C(C)CCCNC(C)(C)C)CC1. The van der Waals surface area contributed by atoms with Crippen LogP contribution in [0.3, 0.4) is 0 Å². The van der Waals surface area contributed by atoms with Gasteiger partial charge in [-0.3, -0.25) is 0 Å². The summed E-state index contributed by atoms with van der Waals surface area (Å²) in [6.07, 6.45) is 5.49. The second-order valence-corrected chi connectivity index (χ2v) is 6.86. The van der Waals surface area contributed by atoms with E-state index in [0.29, 0.717) is 12.1 Å². The zero-order chi connectivity index (χ0) is 14.3. The monoisotopic (exact) mass is 270 g/mol. The smallest absolute Gasteiger partial charge is 0.0599 e. The highest BCUT2D eigenvalue weighted by atomic mass is 16.5. The molecule has 3 heteroatoms. The van der Waals surface area contributed by atoms with Gasteiger partial charge in [0.05, 0.1) is 6.10 Å². The summed E-state index contributed by atoms with van der Waals surface area (Å²) in [5.41, 5.74) is 0.249. The van der Waals surface area contributed by atoms with E-state index in [9.17, 15) is 0 Å². The van der Waals surface area contributed by atoms with Crippen LogP contribution in [0.2, 0.25) is 0 Å². The molecule has 0 aromatic carbocycles. The normalized spacial score (nSPS) is 20.7. The van der Waals surface area contributed by atoms with E-state index >= 15 is 0 Å². The van der Waals surface area contributed by atoms with Gasteiger partial charge in [-0.1, -0.05) is 0 Å². The first-order valence-electron chi connectivity index (χ1n) is 8.03. The van der Waals surface area contributed by atoms with Crippen molar-refractivity contribution in [3.05, 3.63) is 0 Å². The number of piperidine rings is 1. The molecule has 3 nitrogen and oxygen atoms in total. The van der Waals surface area contributed by atoms with E-state index in [1.165, 1.54) is 38.8 Å². The molecule has 0 saturated carbocycles. The summed E-state index contributed by atoms with van der Waals surface area (Å²) in [5, 5.41) is 3.57. The van der Waals surface area contributed by atoms with Crippen LogP contribution in [0.4, 0.5) is 0 Å². The van der Waals surface area contributed by atoms with E-state index in [2.05, 4.69) is 44.8 Å². The Labute approximate surface area is 120 Å². The van der Waals surface area contributed by atoms with Crippen LogP contribution in [0.5, 0.6) is 0 Å². The molecule has 114 valence electrons. The lowest BCUT2D eigenvalue weighted by atomic mass is 10.0. The number of nitrogens with one attached hydrogen (secondary N) is 1. The van der Waals surface area contributed by atoms with E-state index in [1.54, 1.807) is 0 Å². The third-order valence-corrected chi connectivity index (χ3v) is 3.96. The van der Waals surface area contributed by atoms with Crippen LogP contribution in [-0.2, 0) is 4.74 Å². The molecule has 1 heterocycles. The first kappa shape index (κ1) is 16.9. The second kappa shape index (κ2) is 8.23. The molecule has 1 aliphatic rings. The Kier molecular flexibility index (Phi) is 7.33. The van der Waals surface area contributed by atoms with Crippen molar-refractivity contribution >= 4 is 0 Å². The highest BCUT2D eigenvalue weighted by Crippen LogP contribution is 2.17. The molecular weight excluding hydrogens is 236 g/mol. The molecule has 1 atom stereocenters. The summed E-state index contributed by atoms with van der Waals surface area (Å²) >= 11 is 0. The third-order valence-electron chi connectivity index (χ3n) is 3.96. The van der Waals surface area contributed by atoms with Crippen molar-refractivity contribution in [2.45, 2.75) is 78.0 Å². The second-order valence-electron chi connectivity index (χ2n) is 6.86. The van der Waals surface area contributed by atoms with Gasteiger partial charge in [-0.2, -0.15) is 0 Å². The molecule has 0 aromatic rings. The van der Waals surface area contributed by atoms with Crippen LogP contribution in [-0.4, -0.2) is 48.8 Å². The van der Waals surface area contributed by atoms with Crippen LogP contribution in [0.15, 0.2) is 0 Å². The van der Waals surface area contributed by atoms with Crippen molar-refractivity contribution < 1.29 is 4.74 Å². The highest BCUT2D eigenvalue weighted by Gasteiger charge is 2.22. The third kappa shape index (κ3) is 7.28. The van der Waals surface area contributed by atoms with Crippen molar-refractivity contribution in [2.75, 3.05) is 26.2 Å². The van der Waals surface area contributed by atoms with Gasteiger partial charge < -0.3 is 15.0 Å². The fraction of sp³-hybridized carbons (Fsp3) is 1.00. The summed E-state index contributed by atoms with van der Waals surface area (Å²) in [4.78, 5) is 2.63. The lowest BCUT2D eigenvalue weighted by Crippen LogP contribution is -2.42. The quantitative estimate of drug-likeness (QED) is 0.720. The standard InChI is InChI=1S/C16H34N2O/c1-6-19-15-9-12-18(13-10-15)14(2)8-7-11-17-16(3,4)5/h14-15,17H,6-13H2,1-5H3. The molecule has 1 saturated heterocycles. The molecule has 19 heavy (non-hydrogen) atoms. The first-order valence-corrected chi connectivity index (χ1v) is 8.03. The number of hydrogen-bond donors (Lipinski definition) is 1. The van der Waals surface area contributed by atoms with E-state index in [1.807, 2.05) is 0 Å². The van der Waals surface area contributed by atoms with Gasteiger partial charge in [0, 0.05) is 31.3 Å². The summed E-state index contributed by atoms with van der Waals surface area (Å²) in [6.45, 7) is 15.6. The van der Waals surface area contributed by atoms with E-state index in [0.717, 1.165) is 13.2 Å². The Bertz CT molecular complexity index is 229. The molecule has 1 rings (SSSR count). The van der Waals surface area contributed by atoms with Gasteiger partial charge in [0.2, 0.25) is 0 Å². The minimum atomic E-state index is 0.249. The number of nitrogens with zero attached hydrogens (tertiary/aromatic N) is 1. The lowest BCUT2D eigenvalue weighted by Gasteiger charge is -2.36. The van der Waals surface area contributed by atoms with Crippen molar-refractivity contribution in [1.29, 1.82) is 0 Å². The molecule has 0 spiro atoms. The fourth-order valence-electron chi connectivity index (χ4n) is 2.76. The van der Waals surface area contributed by atoms with Gasteiger partial charge in [-0.15, -0.1) is 0 Å². The molecule has 0 aromatic heterocycles. The van der Waals surface area contributed by atoms with Crippen LogP contribution < -0.4 is 5.32 Å². The Morgan fingerprint density at radius 3 is 2.42 bits per heavy atom. The molecular formula is C16H34N2O. The largest absolute Gasteiger partial charge is 0.378 e. The average Bonchev–Trinajstić information content (AvgIpc) is 2.34. The maximum Gasteiger partial charge on any atom is 0.0599 e. The highest BCUT2D eigenvalue weighted by molar-refractivity contribution is 4.77. The lowest BCUT2D eigenvalue weighted by molar-refractivity contribution is 0.00481. The zero-order valence-electron chi connectivity index (χ0n) is 13.7. The van der Waals surface area contributed by atoms with Gasteiger partial charge in [0.15, 0.2) is 0 Å². The fourth-order valence-corrected chi connectivity index (χ4v) is 2.76. The molecule has 0 aliphatic carbocycles. The number of likely N-dealkylation sites (tertiary alicyclic amines) is 1. The Hall–Kier alpha value is -0.120. The van der Waals surface area contributed by atoms with E-state index in [4.69, 9.17) is 4.74 Å². The van der Waals surface area contributed by atoms with Gasteiger partial charge in [0.1, 0.15) is 0 Å². The Balaban J connectivity index is 2.12. The molecule has 0 bridgehead atoms. The number of hydrogen-bond acceptors (Lipinski definition) is 3. The molecule has 1 aliphatic heterocycles. The van der Waals surface area contributed by atoms with E-state index < -0.39 is 0 Å². The molecule has 1 unspecified atom stereocenters. The first-order chi connectivity index (χ1) is 8.92. The topological polar surface area (TPSA) is 24.5 Å². The van der Waals surface area contributed by atoms with Crippen molar-refractivity contribution in [1.82, 2.24) is 10.2 Å². The summed E-state index contributed by atoms with van der Waals surface area (Å²) in [6, 6.07) is 0.712.